The summed E-state index contributed by atoms with van der Waals surface area (Å²) in [5, 5.41) is 0.855. The first-order valence-corrected chi connectivity index (χ1v) is 6.65. The summed E-state index contributed by atoms with van der Waals surface area (Å²) in [4.78, 5) is 24.3. The van der Waals surface area contributed by atoms with Crippen LogP contribution in [0.2, 0.25) is 0 Å². The molecule has 3 aromatic heterocycles. The molecule has 102 valence electrons. The summed E-state index contributed by atoms with van der Waals surface area (Å²) in [5.74, 6) is 0. The van der Waals surface area contributed by atoms with Gasteiger partial charge >= 0.3 is 0 Å². The van der Waals surface area contributed by atoms with Crippen LogP contribution in [0, 0.1) is 6.92 Å². The summed E-state index contributed by atoms with van der Waals surface area (Å²) in [6.45, 7) is 2.01. The topological polar surface area (TPSA) is 63.6 Å². The van der Waals surface area contributed by atoms with Crippen LogP contribution in [0.5, 0.6) is 0 Å². The Balaban J connectivity index is 2.22. The van der Waals surface area contributed by atoms with Gasteiger partial charge in [0, 0.05) is 11.6 Å². The molecule has 0 aliphatic rings. The molecule has 0 fully saturated rings. The number of aromatic nitrogens is 4. The van der Waals surface area contributed by atoms with Crippen molar-refractivity contribution < 1.29 is 0 Å². The van der Waals surface area contributed by atoms with E-state index in [1.165, 1.54) is 6.33 Å². The van der Waals surface area contributed by atoms with Crippen LogP contribution < -0.4 is 5.56 Å². The van der Waals surface area contributed by atoms with Crippen LogP contribution in [0.15, 0.2) is 53.7 Å². The number of aromatic amines is 1. The van der Waals surface area contributed by atoms with Gasteiger partial charge < -0.3 is 4.98 Å². The van der Waals surface area contributed by atoms with Crippen LogP contribution in [0.25, 0.3) is 27.8 Å². The third-order valence-electron chi connectivity index (χ3n) is 3.60. The molecule has 1 N–H and O–H groups in total. The molecule has 0 atom stereocenters. The molecule has 0 saturated carbocycles. The van der Waals surface area contributed by atoms with Gasteiger partial charge in [-0.05, 0) is 31.2 Å². The molecule has 0 spiro atoms. The fraction of sp³-hybridized carbons (Fsp3) is 0.0625. The van der Waals surface area contributed by atoms with Gasteiger partial charge in [0.15, 0.2) is 0 Å². The van der Waals surface area contributed by atoms with Crippen LogP contribution in [-0.2, 0) is 0 Å². The summed E-state index contributed by atoms with van der Waals surface area (Å²) in [6, 6.07) is 11.6. The second-order valence-electron chi connectivity index (χ2n) is 4.98. The molecule has 5 nitrogen and oxygen atoms in total. The number of aryl methyl sites for hydroxylation is 1. The molecular weight excluding hydrogens is 264 g/mol. The third-order valence-corrected chi connectivity index (χ3v) is 3.60. The van der Waals surface area contributed by atoms with Crippen LogP contribution in [0.4, 0.5) is 0 Å². The van der Waals surface area contributed by atoms with E-state index in [0.717, 1.165) is 16.6 Å². The molecule has 0 radical (unpaired) electrons. The van der Waals surface area contributed by atoms with Gasteiger partial charge in [0.1, 0.15) is 16.7 Å². The monoisotopic (exact) mass is 276 g/mol. The molecule has 0 aliphatic carbocycles. The Morgan fingerprint density at radius 1 is 1.10 bits per heavy atom. The second kappa shape index (κ2) is 4.28. The lowest BCUT2D eigenvalue weighted by Crippen LogP contribution is -2.20. The van der Waals surface area contributed by atoms with Crippen LogP contribution in [0.3, 0.4) is 0 Å². The normalized spacial score (nSPS) is 11.3. The molecule has 0 saturated heterocycles. The molecule has 1 aromatic carbocycles. The fourth-order valence-electron chi connectivity index (χ4n) is 2.56. The number of nitrogens with one attached hydrogen (secondary N) is 1. The number of rotatable bonds is 1. The van der Waals surface area contributed by atoms with E-state index in [2.05, 4.69) is 15.0 Å². The number of nitrogens with zero attached hydrogens (tertiary/aromatic N) is 3. The quantitative estimate of drug-likeness (QED) is 0.581. The molecular formula is C16H12N4O. The Bertz CT molecular complexity index is 1010. The van der Waals surface area contributed by atoms with Crippen molar-refractivity contribution in [3.63, 3.8) is 0 Å². The van der Waals surface area contributed by atoms with Gasteiger partial charge in [0.2, 0.25) is 0 Å². The molecule has 21 heavy (non-hydrogen) atoms. The van der Waals surface area contributed by atoms with Crippen LogP contribution in [-0.4, -0.2) is 19.5 Å². The Morgan fingerprint density at radius 2 is 1.90 bits per heavy atom. The summed E-state index contributed by atoms with van der Waals surface area (Å²) in [6.07, 6.45) is 3.23. The zero-order chi connectivity index (χ0) is 14.4. The number of hydrogen-bond donors (Lipinski definition) is 1. The standard InChI is InChI=1S/C16H12N4O/c1-10-4-6-11(7-5-10)20-15-12(3-2-8-17-15)13-14(16(20)21)19-9-18-13/h2-9H,1H3,(H,18,19). The minimum atomic E-state index is -0.141. The molecule has 0 unspecified atom stereocenters. The summed E-state index contributed by atoms with van der Waals surface area (Å²) in [7, 11) is 0. The maximum Gasteiger partial charge on any atom is 0.282 e. The third kappa shape index (κ3) is 1.67. The van der Waals surface area contributed by atoms with E-state index in [1.54, 1.807) is 10.8 Å². The molecule has 0 bridgehead atoms. The molecule has 0 amide bonds. The number of hydrogen-bond acceptors (Lipinski definition) is 3. The average Bonchev–Trinajstić information content (AvgIpc) is 2.99. The van der Waals surface area contributed by atoms with Gasteiger partial charge in [0.05, 0.1) is 12.0 Å². The first-order chi connectivity index (χ1) is 10.3. The van der Waals surface area contributed by atoms with Gasteiger partial charge in [-0.1, -0.05) is 17.7 Å². The Hall–Kier alpha value is -2.95. The molecule has 5 heteroatoms. The van der Waals surface area contributed by atoms with Crippen LogP contribution in [0.1, 0.15) is 5.56 Å². The first kappa shape index (κ1) is 11.8. The maximum absolute atomic E-state index is 12.7. The summed E-state index contributed by atoms with van der Waals surface area (Å²) < 4.78 is 1.62. The number of H-pyrrole nitrogens is 1. The smallest absolute Gasteiger partial charge is 0.282 e. The number of pyridine rings is 2. The van der Waals surface area contributed by atoms with Crippen molar-refractivity contribution in [1.29, 1.82) is 0 Å². The Morgan fingerprint density at radius 3 is 2.71 bits per heavy atom. The average molecular weight is 276 g/mol. The van der Waals surface area contributed by atoms with Gasteiger partial charge in [-0.15, -0.1) is 0 Å². The minimum absolute atomic E-state index is 0.141. The van der Waals surface area contributed by atoms with E-state index in [9.17, 15) is 4.79 Å². The van der Waals surface area contributed by atoms with Gasteiger partial charge in [-0.25, -0.2) is 9.97 Å². The van der Waals surface area contributed by atoms with Crippen molar-refractivity contribution in [3.8, 4) is 5.69 Å². The lowest BCUT2D eigenvalue weighted by atomic mass is 10.2. The predicted octanol–water partition coefficient (Wildman–Crippen LogP) is 2.57. The van der Waals surface area contributed by atoms with E-state index < -0.39 is 0 Å². The van der Waals surface area contributed by atoms with E-state index >= 15 is 0 Å². The molecule has 0 aliphatic heterocycles. The highest BCUT2D eigenvalue weighted by atomic mass is 16.1. The summed E-state index contributed by atoms with van der Waals surface area (Å²) >= 11 is 0. The van der Waals surface area contributed by atoms with Gasteiger partial charge in [-0.3, -0.25) is 9.36 Å². The van der Waals surface area contributed by atoms with E-state index in [-0.39, 0.29) is 5.56 Å². The first-order valence-electron chi connectivity index (χ1n) is 6.65. The van der Waals surface area contributed by atoms with E-state index in [1.807, 2.05) is 43.3 Å². The van der Waals surface area contributed by atoms with E-state index in [4.69, 9.17) is 0 Å². The van der Waals surface area contributed by atoms with Gasteiger partial charge in [0.25, 0.3) is 5.56 Å². The van der Waals surface area contributed by atoms with E-state index in [0.29, 0.717) is 16.7 Å². The lowest BCUT2D eigenvalue weighted by Gasteiger charge is -2.10. The number of fused-ring (bicyclic) bond motifs is 3. The molecule has 3 heterocycles. The van der Waals surface area contributed by atoms with Crippen molar-refractivity contribution in [3.05, 3.63) is 64.8 Å². The zero-order valence-corrected chi connectivity index (χ0v) is 11.4. The predicted molar refractivity (Wildman–Crippen MR) is 81.7 cm³/mol. The largest absolute Gasteiger partial charge is 0.340 e. The zero-order valence-electron chi connectivity index (χ0n) is 11.4. The lowest BCUT2D eigenvalue weighted by molar-refractivity contribution is 1.02. The molecule has 4 rings (SSSR count). The highest BCUT2D eigenvalue weighted by Gasteiger charge is 2.14. The SMILES string of the molecule is Cc1ccc(-n2c(=O)c3[nH]cnc3c3cccnc32)cc1. The van der Waals surface area contributed by atoms with Crippen molar-refractivity contribution in [2.45, 2.75) is 6.92 Å². The number of imidazole rings is 1. The maximum atomic E-state index is 12.7. The summed E-state index contributed by atoms with van der Waals surface area (Å²) in [5.41, 5.74) is 3.57. The van der Waals surface area contributed by atoms with Crippen molar-refractivity contribution in [1.82, 2.24) is 19.5 Å². The highest BCUT2D eigenvalue weighted by Crippen LogP contribution is 2.21. The Kier molecular flexibility index (Phi) is 2.41. The van der Waals surface area contributed by atoms with Crippen LogP contribution >= 0.6 is 0 Å². The Labute approximate surface area is 119 Å². The van der Waals surface area contributed by atoms with Gasteiger partial charge in [-0.2, -0.15) is 0 Å². The van der Waals surface area contributed by atoms with Crippen molar-refractivity contribution in [2.24, 2.45) is 0 Å². The minimum Gasteiger partial charge on any atom is -0.340 e. The fourth-order valence-corrected chi connectivity index (χ4v) is 2.56. The van der Waals surface area contributed by atoms with Crippen molar-refractivity contribution in [2.75, 3.05) is 0 Å². The molecule has 4 aromatic rings. The highest BCUT2D eigenvalue weighted by molar-refractivity contribution is 6.00. The second-order valence-corrected chi connectivity index (χ2v) is 4.98. The van der Waals surface area contributed by atoms with Crippen molar-refractivity contribution >= 4 is 22.1 Å². The number of benzene rings is 1.